The molecule has 3 heterocycles. The van der Waals surface area contributed by atoms with Crippen molar-refractivity contribution in [3.05, 3.63) is 111 Å². The zero-order valence-electron chi connectivity index (χ0n) is 22.9. The summed E-state index contributed by atoms with van der Waals surface area (Å²) in [5.41, 5.74) is 12.1. The van der Waals surface area contributed by atoms with Gasteiger partial charge in [-0.25, -0.2) is 4.98 Å². The van der Waals surface area contributed by atoms with Crippen molar-refractivity contribution in [1.29, 1.82) is 0 Å². The van der Waals surface area contributed by atoms with E-state index in [-0.39, 0.29) is 5.91 Å². The van der Waals surface area contributed by atoms with Gasteiger partial charge in [0.2, 0.25) is 0 Å². The number of nitrogens with two attached hydrogens (primary N) is 1. The van der Waals surface area contributed by atoms with Crippen molar-refractivity contribution in [3.63, 3.8) is 0 Å². The molecule has 1 aliphatic rings. The molecule has 5 aromatic rings. The molecule has 0 fully saturated rings. The number of benzene rings is 3. The Morgan fingerprint density at radius 1 is 1.07 bits per heavy atom. The average molecular weight is 639 g/mol. The van der Waals surface area contributed by atoms with Crippen LogP contribution in [0.4, 0.5) is 0 Å². The molecule has 0 spiro atoms. The zero-order chi connectivity index (χ0) is 29.1. The largest absolute Gasteiger partial charge is 0.360 e. The molecule has 3 aromatic carbocycles. The van der Waals surface area contributed by atoms with Crippen LogP contribution in [0, 0.1) is 11.8 Å². The van der Waals surface area contributed by atoms with Crippen molar-refractivity contribution >= 4 is 55.2 Å². The van der Waals surface area contributed by atoms with Gasteiger partial charge in [-0.2, -0.15) is 0 Å². The summed E-state index contributed by atoms with van der Waals surface area (Å²) in [7, 11) is 0. The van der Waals surface area contributed by atoms with E-state index in [9.17, 15) is 4.79 Å². The van der Waals surface area contributed by atoms with Crippen LogP contribution in [0.3, 0.4) is 0 Å². The van der Waals surface area contributed by atoms with Gasteiger partial charge in [-0.15, -0.1) is 0 Å². The van der Waals surface area contributed by atoms with Gasteiger partial charge >= 0.3 is 0 Å². The Labute approximate surface area is 258 Å². The highest BCUT2D eigenvalue weighted by atomic mass is 79.9. The monoisotopic (exact) mass is 637 g/mol. The van der Waals surface area contributed by atoms with Gasteiger partial charge < -0.3 is 16.0 Å². The first kappa shape index (κ1) is 28.2. The van der Waals surface area contributed by atoms with Crippen molar-refractivity contribution in [3.8, 4) is 23.1 Å². The molecular weight excluding hydrogens is 610 g/mol. The third-order valence-corrected chi connectivity index (χ3v) is 8.25. The summed E-state index contributed by atoms with van der Waals surface area (Å²) >= 11 is 10.3. The number of nitrogens with zero attached hydrogens (tertiary/aromatic N) is 2. The number of carbonyl (C=O) groups excluding carboxylic acids is 1. The minimum atomic E-state index is -0.200. The molecule has 0 atom stereocenters. The molecule has 0 aliphatic carbocycles. The Kier molecular flexibility index (Phi) is 8.41. The van der Waals surface area contributed by atoms with Crippen LogP contribution >= 0.6 is 27.5 Å². The second kappa shape index (κ2) is 12.5. The molecule has 210 valence electrons. The minimum Gasteiger partial charge on any atom is -0.360 e. The molecule has 1 amide bonds. The van der Waals surface area contributed by atoms with Crippen molar-refractivity contribution in [1.82, 2.24) is 20.2 Å². The van der Waals surface area contributed by atoms with Crippen molar-refractivity contribution < 1.29 is 4.79 Å². The summed E-state index contributed by atoms with van der Waals surface area (Å²) in [6.07, 6.45) is 7.32. The van der Waals surface area contributed by atoms with E-state index in [2.05, 4.69) is 55.1 Å². The molecule has 2 aromatic heterocycles. The summed E-state index contributed by atoms with van der Waals surface area (Å²) in [6, 6.07) is 19.5. The van der Waals surface area contributed by atoms with E-state index in [1.165, 1.54) is 0 Å². The molecule has 4 N–H and O–H groups in total. The van der Waals surface area contributed by atoms with E-state index in [0.29, 0.717) is 52.4 Å². The second-order valence-electron chi connectivity index (χ2n) is 10.3. The van der Waals surface area contributed by atoms with Gasteiger partial charge in [-0.1, -0.05) is 75.8 Å². The number of aromatic nitrogens is 2. The van der Waals surface area contributed by atoms with E-state index in [1.807, 2.05) is 60.8 Å². The van der Waals surface area contributed by atoms with E-state index < -0.39 is 0 Å². The zero-order valence-corrected chi connectivity index (χ0v) is 25.2. The molecule has 42 heavy (non-hydrogen) atoms. The van der Waals surface area contributed by atoms with Gasteiger partial charge in [-0.3, -0.25) is 9.69 Å². The van der Waals surface area contributed by atoms with E-state index in [1.54, 1.807) is 6.07 Å². The topological polar surface area (TPSA) is 87.0 Å². The lowest BCUT2D eigenvalue weighted by Crippen LogP contribution is -2.27. The Morgan fingerprint density at radius 2 is 1.90 bits per heavy atom. The third-order valence-electron chi connectivity index (χ3n) is 7.44. The lowest BCUT2D eigenvalue weighted by atomic mass is 10.0. The smallest absolute Gasteiger partial charge is 0.252 e. The molecule has 6 rings (SSSR count). The highest BCUT2D eigenvalue weighted by Crippen LogP contribution is 2.33. The number of carbonyl (C=O) groups is 1. The number of halogens is 2. The third kappa shape index (κ3) is 6.13. The number of fused-ring (bicyclic) bond motifs is 2. The van der Waals surface area contributed by atoms with Crippen LogP contribution in [-0.2, 0) is 13.1 Å². The normalized spacial score (nSPS) is 13.3. The Hall–Kier alpha value is -3.93. The predicted octanol–water partition coefficient (Wildman–Crippen LogP) is 6.80. The highest BCUT2D eigenvalue weighted by molar-refractivity contribution is 9.10. The average Bonchev–Trinajstić information content (AvgIpc) is 3.43. The number of hydrogen-bond acceptors (Lipinski definition) is 4. The summed E-state index contributed by atoms with van der Waals surface area (Å²) in [5.74, 6) is 6.29. The van der Waals surface area contributed by atoms with Crippen LogP contribution in [0.1, 0.15) is 33.5 Å². The van der Waals surface area contributed by atoms with Crippen molar-refractivity contribution in [2.24, 2.45) is 5.73 Å². The molecule has 0 saturated heterocycles. The fraction of sp³-hybridized carbons (Fsp3) is 0.176. The number of aromatic amines is 1. The van der Waals surface area contributed by atoms with Gasteiger partial charge in [0.25, 0.3) is 5.91 Å². The van der Waals surface area contributed by atoms with Crippen LogP contribution in [0.25, 0.3) is 33.1 Å². The first-order valence-corrected chi connectivity index (χ1v) is 15.0. The van der Waals surface area contributed by atoms with Gasteiger partial charge in [0, 0.05) is 64.3 Å². The van der Waals surface area contributed by atoms with E-state index in [0.717, 1.165) is 51.6 Å². The standard InChI is InChI=1S/C34H29BrClN5O/c35-25-10-11-31-27(16-25)29(21-38-31)32-17-28(34(42)39-20-23-8-6-22(19-37)7-9-23)26-15-24(30(36)18-33(26)40-32)5-4-14-41-12-2-1-3-13-41/h1-2,6-11,15-18,21,38H,3,12-14,19-20,37H2,(H,39,42). The Balaban J connectivity index is 1.39. The predicted molar refractivity (Wildman–Crippen MR) is 174 cm³/mol. The molecule has 8 heteroatoms. The van der Waals surface area contributed by atoms with Gasteiger partial charge in [0.1, 0.15) is 0 Å². The lowest BCUT2D eigenvalue weighted by Gasteiger charge is -2.19. The first-order chi connectivity index (χ1) is 20.5. The van der Waals surface area contributed by atoms with Crippen LogP contribution in [0.5, 0.6) is 0 Å². The summed E-state index contributed by atoms with van der Waals surface area (Å²) in [5, 5.41) is 5.30. The van der Waals surface area contributed by atoms with E-state index >= 15 is 0 Å². The van der Waals surface area contributed by atoms with Crippen LogP contribution in [0.15, 0.2) is 83.5 Å². The molecule has 0 saturated carbocycles. The maximum absolute atomic E-state index is 13.8. The number of amides is 1. The minimum absolute atomic E-state index is 0.200. The molecule has 0 unspecified atom stereocenters. The maximum Gasteiger partial charge on any atom is 0.252 e. The number of pyridine rings is 1. The Morgan fingerprint density at radius 3 is 2.69 bits per heavy atom. The highest BCUT2D eigenvalue weighted by Gasteiger charge is 2.18. The van der Waals surface area contributed by atoms with Crippen LogP contribution in [-0.4, -0.2) is 40.4 Å². The molecule has 0 radical (unpaired) electrons. The van der Waals surface area contributed by atoms with Crippen LogP contribution < -0.4 is 11.1 Å². The number of rotatable bonds is 6. The Bertz CT molecular complexity index is 1880. The lowest BCUT2D eigenvalue weighted by molar-refractivity contribution is 0.0952. The summed E-state index contributed by atoms with van der Waals surface area (Å²) < 4.78 is 0.960. The van der Waals surface area contributed by atoms with Gasteiger partial charge in [0.05, 0.1) is 28.3 Å². The summed E-state index contributed by atoms with van der Waals surface area (Å²) in [4.78, 5) is 24.3. The summed E-state index contributed by atoms with van der Waals surface area (Å²) in [6.45, 7) is 3.41. The first-order valence-electron chi connectivity index (χ1n) is 13.8. The number of nitrogens with one attached hydrogen (secondary N) is 2. The number of H-pyrrole nitrogens is 1. The van der Waals surface area contributed by atoms with Crippen LogP contribution in [0.2, 0.25) is 5.02 Å². The maximum atomic E-state index is 13.8. The fourth-order valence-electron chi connectivity index (χ4n) is 5.12. The molecule has 0 bridgehead atoms. The van der Waals surface area contributed by atoms with Crippen molar-refractivity contribution in [2.75, 3.05) is 19.6 Å². The number of hydrogen-bond donors (Lipinski definition) is 3. The van der Waals surface area contributed by atoms with Crippen molar-refractivity contribution in [2.45, 2.75) is 19.5 Å². The SMILES string of the molecule is NCc1ccc(CNC(=O)c2cc(-c3c[nH]c4ccc(Br)cc34)nc3cc(Cl)c(C#CCN4CC=CCC4)cc23)cc1. The van der Waals surface area contributed by atoms with Gasteiger partial charge in [0.15, 0.2) is 0 Å². The van der Waals surface area contributed by atoms with Gasteiger partial charge in [-0.05, 0) is 53.9 Å². The molecule has 1 aliphatic heterocycles. The fourth-order valence-corrected chi connectivity index (χ4v) is 5.69. The second-order valence-corrected chi connectivity index (χ2v) is 11.6. The molecule has 6 nitrogen and oxygen atoms in total. The quantitative estimate of drug-likeness (QED) is 0.141. The molecular formula is C34H29BrClN5O. The van der Waals surface area contributed by atoms with E-state index in [4.69, 9.17) is 22.3 Å².